The largest absolute Gasteiger partial charge is 0.338 e. The van der Waals surface area contributed by atoms with E-state index < -0.39 is 0 Å². The zero-order valence-corrected chi connectivity index (χ0v) is 13.5. The summed E-state index contributed by atoms with van der Waals surface area (Å²) in [6.07, 6.45) is 0. The zero-order valence-electron chi connectivity index (χ0n) is 11.9. The van der Waals surface area contributed by atoms with E-state index in [1.165, 1.54) is 0 Å². The number of rotatable bonds is 5. The summed E-state index contributed by atoms with van der Waals surface area (Å²) in [5, 5.41) is 3.95. The third-order valence-electron chi connectivity index (χ3n) is 3.89. The van der Waals surface area contributed by atoms with Gasteiger partial charge in [0, 0.05) is 24.0 Å². The van der Waals surface area contributed by atoms with E-state index in [4.69, 9.17) is 11.6 Å². The molecule has 3 nitrogen and oxygen atoms in total. The van der Waals surface area contributed by atoms with Gasteiger partial charge in [-0.25, -0.2) is 0 Å². The maximum absolute atomic E-state index is 12.5. The van der Waals surface area contributed by atoms with Crippen molar-refractivity contribution in [2.24, 2.45) is 11.8 Å². The molecule has 0 aliphatic carbocycles. The molecule has 1 N–H and O–H groups in total. The summed E-state index contributed by atoms with van der Waals surface area (Å²) in [4.78, 5) is 14.4. The number of nitrogens with one attached hydrogen (secondary N) is 1. The third-order valence-corrected chi connectivity index (χ3v) is 4.14. The van der Waals surface area contributed by atoms with Crippen LogP contribution in [0.3, 0.4) is 0 Å². The van der Waals surface area contributed by atoms with Crippen LogP contribution in [-0.2, 0) is 11.3 Å². The maximum Gasteiger partial charge on any atom is 0.226 e. The smallest absolute Gasteiger partial charge is 0.226 e. The van der Waals surface area contributed by atoms with E-state index in [9.17, 15) is 4.79 Å². The second-order valence-corrected chi connectivity index (χ2v) is 5.62. The second kappa shape index (κ2) is 7.87. The van der Waals surface area contributed by atoms with Gasteiger partial charge in [-0.05, 0) is 43.6 Å². The van der Waals surface area contributed by atoms with E-state index >= 15 is 0 Å². The van der Waals surface area contributed by atoms with Crippen molar-refractivity contribution in [1.29, 1.82) is 0 Å². The highest BCUT2D eigenvalue weighted by atomic mass is 35.5. The fraction of sp³-hybridized carbons (Fsp3) is 0.533. The third kappa shape index (κ3) is 4.11. The molecule has 1 aromatic rings. The Labute approximate surface area is 132 Å². The SMILES string of the molecule is CCN(Cc1ccc(Cl)cc1)C(=O)C(C)C1CNC1.Cl. The van der Waals surface area contributed by atoms with Crippen LogP contribution in [0.25, 0.3) is 0 Å². The van der Waals surface area contributed by atoms with Crippen molar-refractivity contribution in [2.75, 3.05) is 19.6 Å². The van der Waals surface area contributed by atoms with Crippen LogP contribution in [-0.4, -0.2) is 30.4 Å². The molecule has 0 bridgehead atoms. The summed E-state index contributed by atoms with van der Waals surface area (Å²) in [5.41, 5.74) is 1.12. The van der Waals surface area contributed by atoms with E-state index in [0.717, 1.165) is 30.2 Å². The van der Waals surface area contributed by atoms with E-state index in [1.54, 1.807) is 0 Å². The van der Waals surface area contributed by atoms with E-state index in [0.29, 0.717) is 12.5 Å². The minimum atomic E-state index is 0. The van der Waals surface area contributed by atoms with Gasteiger partial charge in [0.2, 0.25) is 5.91 Å². The quantitative estimate of drug-likeness (QED) is 0.905. The molecule has 0 spiro atoms. The van der Waals surface area contributed by atoms with Crippen LogP contribution in [0.5, 0.6) is 0 Å². The number of carbonyl (C=O) groups excluding carboxylic acids is 1. The number of halogens is 2. The molecule has 1 fully saturated rings. The first kappa shape index (κ1) is 17.3. The molecule has 112 valence electrons. The van der Waals surface area contributed by atoms with E-state index in [2.05, 4.69) is 5.32 Å². The molecule has 0 aromatic heterocycles. The van der Waals surface area contributed by atoms with Gasteiger partial charge in [0.15, 0.2) is 0 Å². The Hall–Kier alpha value is -0.770. The van der Waals surface area contributed by atoms with Gasteiger partial charge < -0.3 is 10.2 Å². The lowest BCUT2D eigenvalue weighted by molar-refractivity contribution is -0.137. The standard InChI is InChI=1S/C15H21ClN2O.ClH/c1-3-18(10-12-4-6-14(16)7-5-12)15(19)11(2)13-8-17-9-13;/h4-7,11,13,17H,3,8-10H2,1-2H3;1H. The van der Waals surface area contributed by atoms with Crippen molar-refractivity contribution in [3.63, 3.8) is 0 Å². The molecule has 1 aliphatic heterocycles. The Morgan fingerprint density at radius 2 is 2.00 bits per heavy atom. The lowest BCUT2D eigenvalue weighted by Gasteiger charge is -2.34. The van der Waals surface area contributed by atoms with Gasteiger partial charge >= 0.3 is 0 Å². The number of benzene rings is 1. The molecule has 1 saturated heterocycles. The summed E-state index contributed by atoms with van der Waals surface area (Å²) < 4.78 is 0. The normalized spacial score (nSPS) is 15.9. The first-order valence-corrected chi connectivity index (χ1v) is 7.23. The van der Waals surface area contributed by atoms with E-state index in [1.807, 2.05) is 43.0 Å². The average Bonchev–Trinajstić information content (AvgIpc) is 2.35. The molecule has 1 aromatic carbocycles. The molecule has 1 unspecified atom stereocenters. The zero-order chi connectivity index (χ0) is 13.8. The fourth-order valence-electron chi connectivity index (χ4n) is 2.31. The average molecular weight is 317 g/mol. The lowest BCUT2D eigenvalue weighted by Crippen LogP contribution is -2.50. The number of carbonyl (C=O) groups is 1. The number of nitrogens with zero attached hydrogens (tertiary/aromatic N) is 1. The van der Waals surface area contributed by atoms with Gasteiger partial charge in [0.05, 0.1) is 0 Å². The molecule has 1 heterocycles. The minimum absolute atomic E-state index is 0. The van der Waals surface area contributed by atoms with Gasteiger partial charge in [-0.3, -0.25) is 4.79 Å². The molecule has 2 rings (SSSR count). The molecule has 1 amide bonds. The van der Waals surface area contributed by atoms with Crippen LogP contribution in [0, 0.1) is 11.8 Å². The number of amides is 1. The van der Waals surface area contributed by atoms with Crippen LogP contribution < -0.4 is 5.32 Å². The van der Waals surface area contributed by atoms with Crippen LogP contribution in [0.4, 0.5) is 0 Å². The summed E-state index contributed by atoms with van der Waals surface area (Å²) in [7, 11) is 0. The first-order chi connectivity index (χ1) is 9.11. The van der Waals surface area contributed by atoms with Gasteiger partial charge in [0.25, 0.3) is 0 Å². The van der Waals surface area contributed by atoms with Crippen molar-refractivity contribution in [2.45, 2.75) is 20.4 Å². The fourth-order valence-corrected chi connectivity index (χ4v) is 2.44. The summed E-state index contributed by atoms with van der Waals surface area (Å²) in [6.45, 7) is 7.40. The molecular weight excluding hydrogens is 295 g/mol. The minimum Gasteiger partial charge on any atom is -0.338 e. The molecule has 5 heteroatoms. The van der Waals surface area contributed by atoms with Crippen LogP contribution >= 0.6 is 24.0 Å². The Kier molecular flexibility index (Phi) is 6.80. The molecule has 20 heavy (non-hydrogen) atoms. The Balaban J connectivity index is 0.00000200. The van der Waals surface area contributed by atoms with Crippen LogP contribution in [0.15, 0.2) is 24.3 Å². The molecule has 0 radical (unpaired) electrons. The van der Waals surface area contributed by atoms with Crippen molar-refractivity contribution >= 4 is 29.9 Å². The molecule has 1 aliphatic rings. The van der Waals surface area contributed by atoms with Gasteiger partial charge in [-0.15, -0.1) is 12.4 Å². The molecular formula is C15H22Cl2N2O. The van der Waals surface area contributed by atoms with Crippen molar-refractivity contribution in [1.82, 2.24) is 10.2 Å². The summed E-state index contributed by atoms with van der Waals surface area (Å²) in [5.74, 6) is 0.851. The van der Waals surface area contributed by atoms with Crippen molar-refractivity contribution in [3.05, 3.63) is 34.9 Å². The second-order valence-electron chi connectivity index (χ2n) is 5.19. The predicted octanol–water partition coefficient (Wildman–Crippen LogP) is 2.97. The highest BCUT2D eigenvalue weighted by Crippen LogP contribution is 2.20. The van der Waals surface area contributed by atoms with Gasteiger partial charge in [-0.1, -0.05) is 30.7 Å². The lowest BCUT2D eigenvalue weighted by atomic mass is 9.88. The topological polar surface area (TPSA) is 32.3 Å². The van der Waals surface area contributed by atoms with Gasteiger partial charge in [0.1, 0.15) is 0 Å². The van der Waals surface area contributed by atoms with Crippen LogP contribution in [0.2, 0.25) is 5.02 Å². The Bertz CT molecular complexity index is 432. The maximum atomic E-state index is 12.5. The molecule has 0 saturated carbocycles. The Morgan fingerprint density at radius 1 is 1.40 bits per heavy atom. The highest BCUT2D eigenvalue weighted by molar-refractivity contribution is 6.30. The first-order valence-electron chi connectivity index (χ1n) is 6.85. The van der Waals surface area contributed by atoms with Crippen molar-refractivity contribution in [3.8, 4) is 0 Å². The number of hydrogen-bond acceptors (Lipinski definition) is 2. The highest BCUT2D eigenvalue weighted by Gasteiger charge is 2.31. The monoisotopic (exact) mass is 316 g/mol. The Morgan fingerprint density at radius 3 is 2.45 bits per heavy atom. The summed E-state index contributed by atoms with van der Waals surface area (Å²) in [6, 6.07) is 7.70. The van der Waals surface area contributed by atoms with E-state index in [-0.39, 0.29) is 24.2 Å². The van der Waals surface area contributed by atoms with Crippen molar-refractivity contribution < 1.29 is 4.79 Å². The molecule has 1 atom stereocenters. The predicted molar refractivity (Wildman–Crippen MR) is 85.3 cm³/mol. The van der Waals surface area contributed by atoms with Crippen LogP contribution in [0.1, 0.15) is 19.4 Å². The summed E-state index contributed by atoms with van der Waals surface area (Å²) >= 11 is 5.88. The van der Waals surface area contributed by atoms with Gasteiger partial charge in [-0.2, -0.15) is 0 Å². The number of hydrogen-bond donors (Lipinski definition) is 1.